The molecule has 9 rings (SSSR count). The summed E-state index contributed by atoms with van der Waals surface area (Å²) in [6, 6.07) is 58.0. The van der Waals surface area contributed by atoms with Gasteiger partial charge < -0.3 is 15.6 Å². The molecule has 7 aromatic carbocycles. The Balaban J connectivity index is 0.000000279. The van der Waals surface area contributed by atoms with E-state index >= 15 is 0 Å². The van der Waals surface area contributed by atoms with E-state index in [0.717, 1.165) is 50.4 Å². The smallest absolute Gasteiger partial charge is 0.0541 e. The van der Waals surface area contributed by atoms with E-state index in [4.69, 9.17) is 5.73 Å². The highest BCUT2D eigenvalue weighted by Crippen LogP contribution is 2.37. The molecule has 0 bridgehead atoms. The molecule has 0 spiro atoms. The molecule has 0 aliphatic rings. The molecule has 3 N–H and O–H groups in total. The van der Waals surface area contributed by atoms with E-state index in [1.807, 2.05) is 38.4 Å². The minimum atomic E-state index is 1.02. The van der Waals surface area contributed by atoms with Crippen LogP contribution >= 0.6 is 0 Å². The Morgan fingerprint density at radius 1 is 0.569 bits per heavy atom. The number of rotatable bonds is 8. The number of hydrogen-bond donors (Lipinski definition) is 2. The lowest BCUT2D eigenvalue weighted by Gasteiger charge is -2.15. The number of allylic oxidation sites excluding steroid dienone is 6. The Morgan fingerprint density at radius 3 is 1.81 bits per heavy atom. The largest absolute Gasteiger partial charge is 0.405 e. The average molecular weight is 751 g/mol. The number of nitrogens with two attached hydrogens (primary N) is 1. The van der Waals surface area contributed by atoms with E-state index in [9.17, 15) is 0 Å². The van der Waals surface area contributed by atoms with Crippen LogP contribution in [0.5, 0.6) is 0 Å². The van der Waals surface area contributed by atoms with Crippen molar-refractivity contribution in [3.8, 4) is 16.8 Å². The quantitative estimate of drug-likeness (QED) is 0.120. The molecule has 9 aromatic rings. The summed E-state index contributed by atoms with van der Waals surface area (Å²) in [4.78, 5) is 4.21. The van der Waals surface area contributed by atoms with Crippen molar-refractivity contribution in [2.45, 2.75) is 20.8 Å². The van der Waals surface area contributed by atoms with E-state index < -0.39 is 0 Å². The van der Waals surface area contributed by atoms with Gasteiger partial charge in [0.2, 0.25) is 0 Å². The second-order valence-corrected chi connectivity index (χ2v) is 14.3. The Hall–Kier alpha value is -7.43. The van der Waals surface area contributed by atoms with Crippen molar-refractivity contribution >= 4 is 60.2 Å². The van der Waals surface area contributed by atoms with Crippen LogP contribution in [-0.2, 0) is 0 Å². The zero-order valence-electron chi connectivity index (χ0n) is 33.1. The van der Waals surface area contributed by atoms with E-state index in [0.29, 0.717) is 0 Å². The van der Waals surface area contributed by atoms with Crippen molar-refractivity contribution in [2.24, 2.45) is 5.73 Å². The molecule has 0 aliphatic carbocycles. The van der Waals surface area contributed by atoms with Crippen LogP contribution in [0, 0.1) is 0 Å². The van der Waals surface area contributed by atoms with Crippen molar-refractivity contribution in [3.63, 3.8) is 0 Å². The molecular weight excluding hydrogens is 705 g/mol. The van der Waals surface area contributed by atoms with Crippen LogP contribution in [0.2, 0.25) is 0 Å². The van der Waals surface area contributed by atoms with Crippen molar-refractivity contribution in [1.29, 1.82) is 0 Å². The van der Waals surface area contributed by atoms with Gasteiger partial charge in [0.25, 0.3) is 0 Å². The fourth-order valence-electron chi connectivity index (χ4n) is 7.70. The predicted molar refractivity (Wildman–Crippen MR) is 250 cm³/mol. The molecular formula is C54H46N4. The van der Waals surface area contributed by atoms with Gasteiger partial charge in [-0.3, -0.25) is 4.98 Å². The first-order valence-corrected chi connectivity index (χ1v) is 19.7. The first-order valence-electron chi connectivity index (χ1n) is 19.7. The Morgan fingerprint density at radius 2 is 1.19 bits per heavy atom. The normalized spacial score (nSPS) is 12.4. The van der Waals surface area contributed by atoms with E-state index in [-0.39, 0.29) is 0 Å². The SMILES string of the molecule is C/C=C\C(Nc1cccc(-n2c3ccc(C(/C=C\N)=C/C)cc3c3cc(-c4ccncc4)ccc32)c1)=C(/C)c1ccccc1.c1ccc2cc3ccccc3cc2c1. The third-order valence-electron chi connectivity index (χ3n) is 10.6. The predicted octanol–water partition coefficient (Wildman–Crippen LogP) is 14.1. The number of nitrogens with one attached hydrogen (secondary N) is 1. The molecule has 282 valence electrons. The molecule has 4 nitrogen and oxygen atoms in total. The number of anilines is 1. The summed E-state index contributed by atoms with van der Waals surface area (Å²) in [7, 11) is 0. The first-order chi connectivity index (χ1) is 28.5. The van der Waals surface area contributed by atoms with Gasteiger partial charge in [0.05, 0.1) is 11.0 Å². The summed E-state index contributed by atoms with van der Waals surface area (Å²) in [5, 5.41) is 11.3. The Labute approximate surface area is 340 Å². The van der Waals surface area contributed by atoms with Crippen LogP contribution in [0.3, 0.4) is 0 Å². The summed E-state index contributed by atoms with van der Waals surface area (Å²) in [5.41, 5.74) is 18.1. The van der Waals surface area contributed by atoms with E-state index in [1.54, 1.807) is 6.20 Å². The zero-order chi connectivity index (χ0) is 39.8. The van der Waals surface area contributed by atoms with Gasteiger partial charge >= 0.3 is 0 Å². The van der Waals surface area contributed by atoms with Gasteiger partial charge in [-0.15, -0.1) is 0 Å². The van der Waals surface area contributed by atoms with Crippen molar-refractivity contribution < 1.29 is 0 Å². The van der Waals surface area contributed by atoms with E-state index in [1.165, 1.54) is 43.5 Å². The minimum Gasteiger partial charge on any atom is -0.405 e. The number of nitrogens with zero attached hydrogens (tertiary/aromatic N) is 2. The van der Waals surface area contributed by atoms with Crippen molar-refractivity contribution in [1.82, 2.24) is 9.55 Å². The Kier molecular flexibility index (Phi) is 11.1. The lowest BCUT2D eigenvalue weighted by molar-refractivity contribution is 1.18. The maximum absolute atomic E-state index is 5.79. The highest BCUT2D eigenvalue weighted by atomic mass is 15.0. The molecule has 0 atom stereocenters. The second kappa shape index (κ2) is 17.2. The summed E-state index contributed by atoms with van der Waals surface area (Å²) < 4.78 is 2.35. The average Bonchev–Trinajstić information content (AvgIpc) is 3.61. The van der Waals surface area contributed by atoms with Gasteiger partial charge in [-0.2, -0.15) is 0 Å². The molecule has 2 aromatic heterocycles. The van der Waals surface area contributed by atoms with E-state index in [2.05, 4.69) is 198 Å². The number of fused-ring (bicyclic) bond motifs is 5. The van der Waals surface area contributed by atoms with Crippen LogP contribution in [0.15, 0.2) is 212 Å². The lowest BCUT2D eigenvalue weighted by Crippen LogP contribution is -2.02. The number of benzene rings is 7. The molecule has 0 aliphatic heterocycles. The maximum Gasteiger partial charge on any atom is 0.0541 e. The van der Waals surface area contributed by atoms with Gasteiger partial charge in [-0.05, 0) is 161 Å². The number of hydrogen-bond acceptors (Lipinski definition) is 3. The molecule has 0 radical (unpaired) electrons. The third kappa shape index (κ3) is 7.82. The molecule has 0 saturated carbocycles. The van der Waals surface area contributed by atoms with Gasteiger partial charge in [-0.1, -0.05) is 109 Å². The fourth-order valence-corrected chi connectivity index (χ4v) is 7.70. The molecule has 0 fully saturated rings. The standard InChI is InChI=1S/C40H36N4.C14H10/c1-4-10-38(28(3)30-11-7-6-8-12-30)43-34-13-9-14-35(27-34)44-39-17-15-32(29(5-2)19-22-41)25-36(39)37-26-33(16-18-40(37)44)31-20-23-42-24-21-31;1-2-6-12-10-14-8-4-3-7-13(14)9-11(12)5-1/h4-27,43H,41H2,1-3H3;1-10H/b10-4-,22-19-,29-5+,38-28-;. The monoisotopic (exact) mass is 750 g/mol. The number of aromatic nitrogens is 2. The van der Waals surface area contributed by atoms with Crippen LogP contribution in [0.25, 0.3) is 71.3 Å². The highest BCUT2D eigenvalue weighted by Gasteiger charge is 2.15. The van der Waals surface area contributed by atoms with Gasteiger partial charge in [0.15, 0.2) is 0 Å². The van der Waals surface area contributed by atoms with Gasteiger partial charge in [-0.25, -0.2) is 0 Å². The summed E-state index contributed by atoms with van der Waals surface area (Å²) >= 11 is 0. The summed E-state index contributed by atoms with van der Waals surface area (Å²) in [6.45, 7) is 6.25. The zero-order valence-corrected chi connectivity index (χ0v) is 33.1. The van der Waals surface area contributed by atoms with Crippen LogP contribution < -0.4 is 11.1 Å². The van der Waals surface area contributed by atoms with Crippen LogP contribution in [-0.4, -0.2) is 9.55 Å². The number of pyridine rings is 1. The fraction of sp³-hybridized carbons (Fsp3) is 0.0556. The Bertz CT molecular complexity index is 2900. The summed E-state index contributed by atoms with van der Waals surface area (Å²) in [6.07, 6.45) is 13.5. The topological polar surface area (TPSA) is 55.9 Å². The van der Waals surface area contributed by atoms with Gasteiger partial charge in [0, 0.05) is 40.2 Å². The molecule has 4 heteroatoms. The molecule has 0 amide bonds. The van der Waals surface area contributed by atoms with Gasteiger partial charge in [0.1, 0.15) is 0 Å². The summed E-state index contributed by atoms with van der Waals surface area (Å²) in [5.74, 6) is 0. The molecule has 0 saturated heterocycles. The maximum atomic E-state index is 5.79. The third-order valence-corrected chi connectivity index (χ3v) is 10.6. The van der Waals surface area contributed by atoms with Crippen molar-refractivity contribution in [2.75, 3.05) is 5.32 Å². The van der Waals surface area contributed by atoms with Crippen LogP contribution in [0.1, 0.15) is 31.9 Å². The molecule has 58 heavy (non-hydrogen) atoms. The molecule has 0 unspecified atom stereocenters. The minimum absolute atomic E-state index is 1.02. The van der Waals surface area contributed by atoms with Crippen LogP contribution in [0.4, 0.5) is 5.69 Å². The highest BCUT2D eigenvalue weighted by molar-refractivity contribution is 6.11. The van der Waals surface area contributed by atoms with Crippen molar-refractivity contribution in [3.05, 3.63) is 224 Å². The molecule has 2 heterocycles. The second-order valence-electron chi connectivity index (χ2n) is 14.3. The lowest BCUT2D eigenvalue weighted by atomic mass is 10.0. The first kappa shape index (κ1) is 37.5.